The van der Waals surface area contributed by atoms with E-state index >= 15 is 0 Å². The zero-order valence-corrected chi connectivity index (χ0v) is 20.2. The number of rotatable bonds is 19. The van der Waals surface area contributed by atoms with Crippen LogP contribution < -0.4 is 9.47 Å². The van der Waals surface area contributed by atoms with Crippen molar-refractivity contribution in [1.82, 2.24) is 9.97 Å². The van der Waals surface area contributed by atoms with E-state index in [0.29, 0.717) is 24.8 Å². The molecule has 0 aliphatic rings. The average molecular weight is 443 g/mol. The maximum Gasteiger partial charge on any atom is 0.159 e. The molecule has 0 aliphatic heterocycles. The van der Waals surface area contributed by atoms with E-state index in [1.54, 1.807) is 12.4 Å². The number of benzene rings is 1. The first kappa shape index (κ1) is 26.1. The van der Waals surface area contributed by atoms with Crippen LogP contribution in [0.25, 0.3) is 11.4 Å². The summed E-state index contributed by atoms with van der Waals surface area (Å²) in [5, 5.41) is 0. The van der Waals surface area contributed by atoms with E-state index in [9.17, 15) is 0 Å². The number of hydrogen-bond donors (Lipinski definition) is 0. The lowest BCUT2D eigenvalue weighted by atomic mass is 10.1. The Morgan fingerprint density at radius 3 is 1.78 bits per heavy atom. The lowest BCUT2D eigenvalue weighted by molar-refractivity contribution is 0.0968. The highest BCUT2D eigenvalue weighted by Gasteiger charge is 2.03. The van der Waals surface area contributed by atoms with E-state index in [-0.39, 0.29) is 0 Å². The third-order valence-corrected chi connectivity index (χ3v) is 5.40. The highest BCUT2D eigenvalue weighted by molar-refractivity contribution is 5.56. The molecule has 32 heavy (non-hydrogen) atoms. The summed E-state index contributed by atoms with van der Waals surface area (Å²) in [6.07, 6.45) is 17.3. The molecule has 0 bridgehead atoms. The first-order valence-electron chi connectivity index (χ1n) is 12.6. The van der Waals surface area contributed by atoms with Gasteiger partial charge in [0.25, 0.3) is 0 Å². The standard InChI is InChI=1S/C27H42N2O3/c1-3-5-7-9-11-13-19-31-25-16-14-24(15-17-25)27-28-22-26(23-29-27)32-21-20-30-18-12-10-8-6-4-2/h14-17,22-23H,3-13,18-21H2,1-2H3. The number of nitrogens with zero attached hydrogens (tertiary/aromatic N) is 2. The minimum Gasteiger partial charge on any atom is -0.494 e. The SMILES string of the molecule is CCCCCCCCOc1ccc(-c2ncc(OCCOCCCCCCC)cn2)cc1. The van der Waals surface area contributed by atoms with Crippen LogP contribution in [0.4, 0.5) is 0 Å². The third kappa shape index (κ3) is 11.5. The second-order valence-corrected chi connectivity index (χ2v) is 8.26. The molecule has 1 aromatic carbocycles. The Bertz CT molecular complexity index is 689. The summed E-state index contributed by atoms with van der Waals surface area (Å²) in [5.74, 6) is 2.25. The Morgan fingerprint density at radius 2 is 1.12 bits per heavy atom. The Hall–Kier alpha value is -2.14. The van der Waals surface area contributed by atoms with E-state index < -0.39 is 0 Å². The minimum atomic E-state index is 0.516. The Balaban J connectivity index is 1.60. The van der Waals surface area contributed by atoms with E-state index in [2.05, 4.69) is 23.8 Å². The molecular weight excluding hydrogens is 400 g/mol. The van der Waals surface area contributed by atoms with Crippen LogP contribution >= 0.6 is 0 Å². The molecule has 1 aromatic heterocycles. The molecule has 5 nitrogen and oxygen atoms in total. The van der Waals surface area contributed by atoms with E-state index in [4.69, 9.17) is 14.2 Å². The molecule has 0 atom stereocenters. The van der Waals surface area contributed by atoms with Gasteiger partial charge in [-0.05, 0) is 37.1 Å². The van der Waals surface area contributed by atoms with Gasteiger partial charge in [0, 0.05) is 12.2 Å². The topological polar surface area (TPSA) is 53.5 Å². The highest BCUT2D eigenvalue weighted by atomic mass is 16.5. The van der Waals surface area contributed by atoms with Crippen LogP contribution in [-0.4, -0.2) is 36.4 Å². The normalized spacial score (nSPS) is 10.9. The average Bonchev–Trinajstić information content (AvgIpc) is 2.83. The zero-order valence-electron chi connectivity index (χ0n) is 20.2. The van der Waals surface area contributed by atoms with Gasteiger partial charge in [-0.2, -0.15) is 0 Å². The molecule has 0 N–H and O–H groups in total. The van der Waals surface area contributed by atoms with Crippen molar-refractivity contribution in [2.45, 2.75) is 84.5 Å². The molecule has 2 aromatic rings. The van der Waals surface area contributed by atoms with Crippen LogP contribution in [0.15, 0.2) is 36.7 Å². The minimum absolute atomic E-state index is 0.516. The van der Waals surface area contributed by atoms with Crippen LogP contribution in [0.1, 0.15) is 84.5 Å². The van der Waals surface area contributed by atoms with Gasteiger partial charge in [0.15, 0.2) is 11.6 Å². The molecule has 5 heteroatoms. The van der Waals surface area contributed by atoms with Crippen molar-refractivity contribution >= 4 is 0 Å². The second kappa shape index (κ2) is 17.4. The van der Waals surface area contributed by atoms with Crippen LogP contribution in [0.2, 0.25) is 0 Å². The van der Waals surface area contributed by atoms with Gasteiger partial charge >= 0.3 is 0 Å². The number of aromatic nitrogens is 2. The van der Waals surface area contributed by atoms with Gasteiger partial charge in [0.05, 0.1) is 25.6 Å². The largest absolute Gasteiger partial charge is 0.494 e. The van der Waals surface area contributed by atoms with Crippen LogP contribution in [0, 0.1) is 0 Å². The van der Waals surface area contributed by atoms with Crippen molar-refractivity contribution in [2.75, 3.05) is 26.4 Å². The summed E-state index contributed by atoms with van der Waals surface area (Å²) < 4.78 is 17.1. The van der Waals surface area contributed by atoms with Gasteiger partial charge in [-0.25, -0.2) is 9.97 Å². The van der Waals surface area contributed by atoms with Crippen molar-refractivity contribution in [3.05, 3.63) is 36.7 Å². The quantitative estimate of drug-likeness (QED) is 0.214. The predicted molar refractivity (Wildman–Crippen MR) is 131 cm³/mol. The fraction of sp³-hybridized carbons (Fsp3) is 0.630. The van der Waals surface area contributed by atoms with Gasteiger partial charge in [-0.3, -0.25) is 0 Å². The fourth-order valence-corrected chi connectivity index (χ4v) is 3.44. The second-order valence-electron chi connectivity index (χ2n) is 8.26. The van der Waals surface area contributed by atoms with Crippen LogP contribution in [0.3, 0.4) is 0 Å². The third-order valence-electron chi connectivity index (χ3n) is 5.40. The summed E-state index contributed by atoms with van der Waals surface area (Å²) in [6, 6.07) is 7.97. The zero-order chi connectivity index (χ0) is 22.7. The van der Waals surface area contributed by atoms with E-state index in [0.717, 1.165) is 37.4 Å². The monoisotopic (exact) mass is 442 g/mol. The Kier molecular flexibility index (Phi) is 14.2. The van der Waals surface area contributed by atoms with E-state index in [1.807, 2.05) is 24.3 Å². The van der Waals surface area contributed by atoms with Gasteiger partial charge in [-0.1, -0.05) is 71.6 Å². The summed E-state index contributed by atoms with van der Waals surface area (Å²) in [7, 11) is 0. The van der Waals surface area contributed by atoms with Gasteiger partial charge in [0.2, 0.25) is 0 Å². The number of hydrogen-bond acceptors (Lipinski definition) is 5. The molecule has 0 fully saturated rings. The molecule has 1 heterocycles. The molecule has 0 unspecified atom stereocenters. The lowest BCUT2D eigenvalue weighted by Crippen LogP contribution is -2.08. The number of ether oxygens (including phenoxy) is 3. The smallest absolute Gasteiger partial charge is 0.159 e. The maximum absolute atomic E-state index is 5.85. The van der Waals surface area contributed by atoms with Crippen molar-refractivity contribution in [3.63, 3.8) is 0 Å². The molecule has 178 valence electrons. The van der Waals surface area contributed by atoms with E-state index in [1.165, 1.54) is 57.8 Å². The predicted octanol–water partition coefficient (Wildman–Crippen LogP) is 7.25. The molecule has 2 rings (SSSR count). The van der Waals surface area contributed by atoms with Crippen molar-refractivity contribution < 1.29 is 14.2 Å². The first-order chi connectivity index (χ1) is 15.8. The molecule has 0 spiro atoms. The van der Waals surface area contributed by atoms with Gasteiger partial charge in [0.1, 0.15) is 12.4 Å². The lowest BCUT2D eigenvalue weighted by Gasteiger charge is -2.08. The van der Waals surface area contributed by atoms with Crippen molar-refractivity contribution in [1.29, 1.82) is 0 Å². The van der Waals surface area contributed by atoms with Crippen LogP contribution in [-0.2, 0) is 4.74 Å². The summed E-state index contributed by atoms with van der Waals surface area (Å²) in [4.78, 5) is 8.86. The van der Waals surface area contributed by atoms with Crippen LogP contribution in [0.5, 0.6) is 11.5 Å². The summed E-state index contributed by atoms with van der Waals surface area (Å²) in [5.41, 5.74) is 0.967. The summed E-state index contributed by atoms with van der Waals surface area (Å²) >= 11 is 0. The Morgan fingerprint density at radius 1 is 0.562 bits per heavy atom. The summed E-state index contributed by atoms with van der Waals surface area (Å²) in [6.45, 7) is 7.16. The molecule has 0 saturated heterocycles. The highest BCUT2D eigenvalue weighted by Crippen LogP contribution is 2.20. The van der Waals surface area contributed by atoms with Gasteiger partial charge in [-0.15, -0.1) is 0 Å². The molecule has 0 amide bonds. The van der Waals surface area contributed by atoms with Gasteiger partial charge < -0.3 is 14.2 Å². The first-order valence-corrected chi connectivity index (χ1v) is 12.6. The number of unbranched alkanes of at least 4 members (excludes halogenated alkanes) is 9. The fourth-order valence-electron chi connectivity index (χ4n) is 3.44. The maximum atomic E-state index is 5.85. The van der Waals surface area contributed by atoms with Crippen molar-refractivity contribution in [2.24, 2.45) is 0 Å². The van der Waals surface area contributed by atoms with Crippen molar-refractivity contribution in [3.8, 4) is 22.9 Å². The molecular formula is C27H42N2O3. The molecule has 0 saturated carbocycles. The molecule has 0 radical (unpaired) electrons. The Labute approximate surface area is 194 Å². The molecule has 0 aliphatic carbocycles.